The summed E-state index contributed by atoms with van der Waals surface area (Å²) in [7, 11) is 0. The van der Waals surface area contributed by atoms with Gasteiger partial charge >= 0.3 is 5.97 Å². The molecule has 0 spiro atoms. The van der Waals surface area contributed by atoms with Crippen molar-refractivity contribution in [1.82, 2.24) is 0 Å². The third-order valence-corrected chi connectivity index (χ3v) is 1.99. The summed E-state index contributed by atoms with van der Waals surface area (Å²) in [5.74, 6) is 2.07. The first-order chi connectivity index (χ1) is 8.24. The number of benzene rings is 1. The Morgan fingerprint density at radius 1 is 1.29 bits per heavy atom. The minimum absolute atomic E-state index is 0.245. The van der Waals surface area contributed by atoms with Crippen LogP contribution in [0.25, 0.3) is 0 Å². The standard InChI is InChI=1S/C13H14O4/c1-2-8-16-9-3-10-17-12-6-4-11(5-7-12)13(14)15/h1,4-7H,3,8-10H2,(H,14,15). The van der Waals surface area contributed by atoms with Crippen molar-refractivity contribution in [3.8, 4) is 18.1 Å². The fraction of sp³-hybridized carbons (Fsp3) is 0.308. The maximum absolute atomic E-state index is 10.6. The first-order valence-corrected chi connectivity index (χ1v) is 5.21. The normalized spacial score (nSPS) is 9.59. The monoisotopic (exact) mass is 234 g/mol. The van der Waals surface area contributed by atoms with Crippen molar-refractivity contribution < 1.29 is 19.4 Å². The number of carboxylic acid groups (broad SMARTS) is 1. The minimum Gasteiger partial charge on any atom is -0.494 e. The summed E-state index contributed by atoms with van der Waals surface area (Å²) in [5, 5.41) is 8.70. The van der Waals surface area contributed by atoms with E-state index in [-0.39, 0.29) is 5.56 Å². The predicted molar refractivity (Wildman–Crippen MR) is 63.2 cm³/mol. The second-order valence-electron chi connectivity index (χ2n) is 3.29. The van der Waals surface area contributed by atoms with Crippen LogP contribution in [0.4, 0.5) is 0 Å². The van der Waals surface area contributed by atoms with Gasteiger partial charge in [-0.25, -0.2) is 4.79 Å². The summed E-state index contributed by atoms with van der Waals surface area (Å²) in [4.78, 5) is 10.6. The van der Waals surface area contributed by atoms with Gasteiger partial charge < -0.3 is 14.6 Å². The number of hydrogen-bond donors (Lipinski definition) is 1. The van der Waals surface area contributed by atoms with Crippen LogP contribution >= 0.6 is 0 Å². The molecular formula is C13H14O4. The lowest BCUT2D eigenvalue weighted by Gasteiger charge is -2.06. The van der Waals surface area contributed by atoms with Crippen molar-refractivity contribution in [2.45, 2.75) is 6.42 Å². The molecule has 0 aliphatic heterocycles. The molecule has 1 aromatic carbocycles. The molecule has 1 rings (SSSR count). The summed E-state index contributed by atoms with van der Waals surface area (Å²) in [6, 6.07) is 6.27. The predicted octanol–water partition coefficient (Wildman–Crippen LogP) is 1.80. The summed E-state index contributed by atoms with van der Waals surface area (Å²) in [5.41, 5.74) is 0.245. The van der Waals surface area contributed by atoms with E-state index in [9.17, 15) is 4.79 Å². The summed E-state index contributed by atoms with van der Waals surface area (Å²) in [6.07, 6.45) is 5.76. The average Bonchev–Trinajstić information content (AvgIpc) is 2.34. The molecule has 1 aromatic rings. The van der Waals surface area contributed by atoms with E-state index >= 15 is 0 Å². The molecule has 0 heterocycles. The molecule has 0 saturated carbocycles. The first kappa shape index (κ1) is 13.1. The molecule has 4 nitrogen and oxygen atoms in total. The van der Waals surface area contributed by atoms with Crippen LogP contribution in [0.2, 0.25) is 0 Å². The SMILES string of the molecule is C#CCOCCCOc1ccc(C(=O)O)cc1. The third kappa shape index (κ3) is 5.05. The van der Waals surface area contributed by atoms with Crippen LogP contribution in [0.1, 0.15) is 16.8 Å². The zero-order valence-electron chi connectivity index (χ0n) is 9.39. The number of ether oxygens (including phenoxy) is 2. The number of aromatic carboxylic acids is 1. The zero-order valence-corrected chi connectivity index (χ0v) is 9.39. The fourth-order valence-corrected chi connectivity index (χ4v) is 1.18. The molecule has 0 saturated heterocycles. The highest BCUT2D eigenvalue weighted by Gasteiger charge is 2.01. The van der Waals surface area contributed by atoms with Crippen LogP contribution < -0.4 is 4.74 Å². The molecule has 0 aliphatic rings. The third-order valence-electron chi connectivity index (χ3n) is 1.99. The van der Waals surface area contributed by atoms with Gasteiger partial charge in [0.2, 0.25) is 0 Å². The van der Waals surface area contributed by atoms with Crippen molar-refractivity contribution in [1.29, 1.82) is 0 Å². The van der Waals surface area contributed by atoms with Gasteiger partial charge in [0.1, 0.15) is 12.4 Å². The number of hydrogen-bond acceptors (Lipinski definition) is 3. The van der Waals surface area contributed by atoms with Crippen LogP contribution in [-0.4, -0.2) is 30.9 Å². The van der Waals surface area contributed by atoms with E-state index in [0.717, 1.165) is 6.42 Å². The van der Waals surface area contributed by atoms with Gasteiger partial charge in [-0.2, -0.15) is 0 Å². The second-order valence-corrected chi connectivity index (χ2v) is 3.29. The Bertz CT molecular complexity index is 389. The highest BCUT2D eigenvalue weighted by Crippen LogP contribution is 2.12. The van der Waals surface area contributed by atoms with E-state index in [1.54, 1.807) is 12.1 Å². The zero-order chi connectivity index (χ0) is 12.5. The summed E-state index contributed by atoms with van der Waals surface area (Å²) >= 11 is 0. The van der Waals surface area contributed by atoms with Gasteiger partial charge in [0, 0.05) is 6.42 Å². The number of terminal acetylenes is 1. The Morgan fingerprint density at radius 3 is 2.59 bits per heavy atom. The van der Waals surface area contributed by atoms with Crippen LogP contribution in [0, 0.1) is 12.3 Å². The Balaban J connectivity index is 2.23. The molecule has 90 valence electrons. The molecule has 0 aliphatic carbocycles. The topological polar surface area (TPSA) is 55.8 Å². The Labute approximate surface area is 100 Å². The van der Waals surface area contributed by atoms with Crippen molar-refractivity contribution in [2.75, 3.05) is 19.8 Å². The van der Waals surface area contributed by atoms with Crippen molar-refractivity contribution in [3.05, 3.63) is 29.8 Å². The summed E-state index contributed by atoms with van der Waals surface area (Å²) in [6.45, 7) is 1.38. The molecule has 0 radical (unpaired) electrons. The first-order valence-electron chi connectivity index (χ1n) is 5.21. The van der Waals surface area contributed by atoms with Crippen LogP contribution in [-0.2, 0) is 4.74 Å². The Hall–Kier alpha value is -1.99. The molecule has 0 bridgehead atoms. The molecule has 0 unspecified atom stereocenters. The molecule has 1 N–H and O–H groups in total. The molecule has 0 amide bonds. The van der Waals surface area contributed by atoms with Crippen molar-refractivity contribution >= 4 is 5.97 Å². The molecule has 0 fully saturated rings. The van der Waals surface area contributed by atoms with Crippen molar-refractivity contribution in [3.63, 3.8) is 0 Å². The van der Waals surface area contributed by atoms with Gasteiger partial charge in [0.15, 0.2) is 0 Å². The van der Waals surface area contributed by atoms with Gasteiger partial charge in [-0.15, -0.1) is 6.42 Å². The van der Waals surface area contributed by atoms with Gasteiger partial charge in [-0.3, -0.25) is 0 Å². The van der Waals surface area contributed by atoms with Crippen LogP contribution in [0.15, 0.2) is 24.3 Å². The Kier molecular flexibility index (Phi) is 5.62. The maximum atomic E-state index is 10.6. The largest absolute Gasteiger partial charge is 0.494 e. The van der Waals surface area contributed by atoms with Crippen LogP contribution in [0.5, 0.6) is 5.75 Å². The quantitative estimate of drug-likeness (QED) is 0.577. The number of carbonyl (C=O) groups is 1. The van der Waals surface area contributed by atoms with Crippen LogP contribution in [0.3, 0.4) is 0 Å². The minimum atomic E-state index is -0.945. The van der Waals surface area contributed by atoms with E-state index in [0.29, 0.717) is 25.6 Å². The lowest BCUT2D eigenvalue weighted by Crippen LogP contribution is -2.03. The lowest BCUT2D eigenvalue weighted by molar-refractivity contribution is 0.0697. The van der Waals surface area contributed by atoms with Gasteiger partial charge in [0.25, 0.3) is 0 Å². The van der Waals surface area contributed by atoms with E-state index in [1.807, 2.05) is 0 Å². The molecular weight excluding hydrogens is 220 g/mol. The molecule has 0 atom stereocenters. The van der Waals surface area contributed by atoms with Crippen molar-refractivity contribution in [2.24, 2.45) is 0 Å². The average molecular weight is 234 g/mol. The van der Waals surface area contributed by atoms with E-state index in [1.165, 1.54) is 12.1 Å². The maximum Gasteiger partial charge on any atom is 0.335 e. The fourth-order valence-electron chi connectivity index (χ4n) is 1.18. The summed E-state index contributed by atoms with van der Waals surface area (Å²) < 4.78 is 10.5. The smallest absolute Gasteiger partial charge is 0.335 e. The van der Waals surface area contributed by atoms with Gasteiger partial charge in [-0.05, 0) is 24.3 Å². The number of carboxylic acids is 1. The van der Waals surface area contributed by atoms with E-state index in [2.05, 4.69) is 5.92 Å². The Morgan fingerprint density at radius 2 is 2.00 bits per heavy atom. The molecule has 0 aromatic heterocycles. The molecule has 4 heteroatoms. The van der Waals surface area contributed by atoms with Gasteiger partial charge in [0.05, 0.1) is 18.8 Å². The molecule has 17 heavy (non-hydrogen) atoms. The second kappa shape index (κ2) is 7.31. The lowest BCUT2D eigenvalue weighted by atomic mass is 10.2. The van der Waals surface area contributed by atoms with E-state index < -0.39 is 5.97 Å². The number of rotatable bonds is 7. The highest BCUT2D eigenvalue weighted by atomic mass is 16.5. The van der Waals surface area contributed by atoms with E-state index in [4.69, 9.17) is 21.0 Å². The van der Waals surface area contributed by atoms with Gasteiger partial charge in [-0.1, -0.05) is 5.92 Å². The highest BCUT2D eigenvalue weighted by molar-refractivity contribution is 5.87.